The lowest BCUT2D eigenvalue weighted by molar-refractivity contribution is 0.0729. The lowest BCUT2D eigenvalue weighted by atomic mass is 10.1. The molecule has 1 atom stereocenters. The van der Waals surface area contributed by atoms with Crippen LogP contribution in [0.25, 0.3) is 5.65 Å². The van der Waals surface area contributed by atoms with Crippen LogP contribution in [0.1, 0.15) is 35.1 Å². The first-order chi connectivity index (χ1) is 11.2. The number of nitrogens with zero attached hydrogens (tertiary/aromatic N) is 4. The second-order valence-corrected chi connectivity index (χ2v) is 6.90. The molecule has 1 fully saturated rings. The molecular weight excluding hydrogens is 403 g/mol. The van der Waals surface area contributed by atoms with E-state index in [1.807, 2.05) is 58.0 Å². The Labute approximate surface area is 147 Å². The Balaban J connectivity index is 1.70. The van der Waals surface area contributed by atoms with Crippen LogP contribution in [0.4, 0.5) is 0 Å². The fourth-order valence-electron chi connectivity index (χ4n) is 3.15. The van der Waals surface area contributed by atoms with E-state index in [0.29, 0.717) is 0 Å². The van der Waals surface area contributed by atoms with Crippen molar-refractivity contribution in [2.24, 2.45) is 0 Å². The second kappa shape index (κ2) is 5.92. The van der Waals surface area contributed by atoms with E-state index in [2.05, 4.69) is 32.8 Å². The van der Waals surface area contributed by atoms with Crippen molar-refractivity contribution < 1.29 is 4.79 Å². The average Bonchev–Trinajstić information content (AvgIpc) is 3.20. The molecular formula is C17H15IN4O. The predicted molar refractivity (Wildman–Crippen MR) is 95.2 cm³/mol. The van der Waals surface area contributed by atoms with Crippen LogP contribution in [0.15, 0.2) is 48.7 Å². The number of hydrogen-bond acceptors (Lipinski definition) is 3. The topological polar surface area (TPSA) is 50.5 Å². The summed E-state index contributed by atoms with van der Waals surface area (Å²) in [6, 6.07) is 13.5. The van der Waals surface area contributed by atoms with Gasteiger partial charge in [0.15, 0.2) is 11.5 Å². The number of likely N-dealkylation sites (tertiary alicyclic amines) is 1. The van der Waals surface area contributed by atoms with Gasteiger partial charge in [-0.2, -0.15) is 0 Å². The Morgan fingerprint density at radius 2 is 2.09 bits per heavy atom. The summed E-state index contributed by atoms with van der Waals surface area (Å²) in [5, 5.41) is 8.56. The zero-order valence-electron chi connectivity index (χ0n) is 12.4. The summed E-state index contributed by atoms with van der Waals surface area (Å²) in [6.45, 7) is 0.761. The van der Waals surface area contributed by atoms with Gasteiger partial charge in [0.2, 0.25) is 0 Å². The van der Waals surface area contributed by atoms with Crippen molar-refractivity contribution >= 4 is 34.1 Å². The number of fused-ring (bicyclic) bond motifs is 1. The van der Waals surface area contributed by atoms with E-state index < -0.39 is 0 Å². The first-order valence-corrected chi connectivity index (χ1v) is 8.68. The smallest absolute Gasteiger partial charge is 0.254 e. The number of carbonyl (C=O) groups is 1. The molecule has 0 radical (unpaired) electrons. The van der Waals surface area contributed by atoms with Crippen LogP contribution < -0.4 is 0 Å². The van der Waals surface area contributed by atoms with Crippen LogP contribution in [0.3, 0.4) is 0 Å². The highest BCUT2D eigenvalue weighted by Gasteiger charge is 2.33. The fraction of sp³-hybridized carbons (Fsp3) is 0.235. The van der Waals surface area contributed by atoms with Gasteiger partial charge in [0.05, 0.1) is 6.04 Å². The molecule has 0 spiro atoms. The van der Waals surface area contributed by atoms with Crippen LogP contribution in [0.5, 0.6) is 0 Å². The molecule has 1 aliphatic rings. The molecule has 0 N–H and O–H groups in total. The van der Waals surface area contributed by atoms with E-state index in [4.69, 9.17) is 0 Å². The molecule has 4 rings (SSSR count). The maximum Gasteiger partial charge on any atom is 0.254 e. The molecule has 1 unspecified atom stereocenters. The number of halogens is 1. The van der Waals surface area contributed by atoms with Crippen LogP contribution >= 0.6 is 22.6 Å². The standard InChI is InChI=1S/C17H15IN4O/c18-13-6-3-5-12(11-13)17(23)21-10-4-7-14(21)16-20-19-15-8-1-2-9-22(15)16/h1-3,5-6,8-9,11,14H,4,7,10H2. The van der Waals surface area contributed by atoms with E-state index >= 15 is 0 Å². The SMILES string of the molecule is O=C(c1cccc(I)c1)N1CCCC1c1nnc2ccccn12. The van der Waals surface area contributed by atoms with Gasteiger partial charge in [-0.15, -0.1) is 10.2 Å². The van der Waals surface area contributed by atoms with Gasteiger partial charge in [0.25, 0.3) is 5.91 Å². The number of amides is 1. The number of rotatable bonds is 2. The van der Waals surface area contributed by atoms with Gasteiger partial charge in [0.1, 0.15) is 0 Å². The summed E-state index contributed by atoms with van der Waals surface area (Å²) in [5.41, 5.74) is 1.55. The van der Waals surface area contributed by atoms with Crippen molar-refractivity contribution in [3.63, 3.8) is 0 Å². The quantitative estimate of drug-likeness (QED) is 0.601. The minimum absolute atomic E-state index is 0.0160. The zero-order chi connectivity index (χ0) is 15.8. The fourth-order valence-corrected chi connectivity index (χ4v) is 3.70. The Bertz CT molecular complexity index is 876. The predicted octanol–water partition coefficient (Wildman–Crippen LogP) is 3.31. The minimum atomic E-state index is -0.0160. The third-order valence-electron chi connectivity index (χ3n) is 4.22. The molecule has 0 saturated carbocycles. The summed E-state index contributed by atoms with van der Waals surface area (Å²) < 4.78 is 3.04. The van der Waals surface area contributed by atoms with Crippen molar-refractivity contribution in [1.82, 2.24) is 19.5 Å². The molecule has 2 aromatic heterocycles. The van der Waals surface area contributed by atoms with Gasteiger partial charge in [0, 0.05) is 21.9 Å². The van der Waals surface area contributed by atoms with Crippen molar-refractivity contribution in [3.05, 3.63) is 63.6 Å². The molecule has 1 saturated heterocycles. The van der Waals surface area contributed by atoms with Crippen molar-refractivity contribution in [3.8, 4) is 0 Å². The van der Waals surface area contributed by atoms with E-state index in [-0.39, 0.29) is 11.9 Å². The molecule has 1 aliphatic heterocycles. The molecule has 1 aromatic carbocycles. The Morgan fingerprint density at radius 1 is 1.17 bits per heavy atom. The Hall–Kier alpha value is -1.96. The largest absolute Gasteiger partial charge is 0.328 e. The maximum absolute atomic E-state index is 12.9. The van der Waals surface area contributed by atoms with Gasteiger partial charge in [-0.3, -0.25) is 9.20 Å². The lowest BCUT2D eigenvalue weighted by Crippen LogP contribution is -2.31. The van der Waals surface area contributed by atoms with Crippen LogP contribution in [-0.4, -0.2) is 31.9 Å². The summed E-state index contributed by atoms with van der Waals surface area (Å²) >= 11 is 2.23. The normalized spacial score (nSPS) is 17.8. The van der Waals surface area contributed by atoms with E-state index in [1.165, 1.54) is 0 Å². The molecule has 0 aliphatic carbocycles. The maximum atomic E-state index is 12.9. The molecule has 23 heavy (non-hydrogen) atoms. The molecule has 3 heterocycles. The van der Waals surface area contributed by atoms with Crippen molar-refractivity contribution in [1.29, 1.82) is 0 Å². The molecule has 0 bridgehead atoms. The van der Waals surface area contributed by atoms with E-state index in [1.54, 1.807) is 0 Å². The van der Waals surface area contributed by atoms with Gasteiger partial charge >= 0.3 is 0 Å². The van der Waals surface area contributed by atoms with E-state index in [9.17, 15) is 4.79 Å². The van der Waals surface area contributed by atoms with Crippen LogP contribution in [0, 0.1) is 3.57 Å². The average molecular weight is 418 g/mol. The number of pyridine rings is 1. The minimum Gasteiger partial charge on any atom is -0.328 e. The van der Waals surface area contributed by atoms with Gasteiger partial charge in [-0.1, -0.05) is 12.1 Å². The summed E-state index contributed by atoms with van der Waals surface area (Å²) in [6.07, 6.45) is 3.87. The highest BCUT2D eigenvalue weighted by Crippen LogP contribution is 2.32. The van der Waals surface area contributed by atoms with Crippen molar-refractivity contribution in [2.75, 3.05) is 6.54 Å². The second-order valence-electron chi connectivity index (χ2n) is 5.65. The Morgan fingerprint density at radius 3 is 2.96 bits per heavy atom. The molecule has 3 aromatic rings. The monoisotopic (exact) mass is 418 g/mol. The molecule has 116 valence electrons. The van der Waals surface area contributed by atoms with E-state index in [0.717, 1.165) is 40.0 Å². The summed E-state index contributed by atoms with van der Waals surface area (Å²) in [4.78, 5) is 14.8. The van der Waals surface area contributed by atoms with Crippen LogP contribution in [0.2, 0.25) is 0 Å². The third-order valence-corrected chi connectivity index (χ3v) is 4.89. The summed E-state index contributed by atoms with van der Waals surface area (Å²) in [7, 11) is 0. The first-order valence-electron chi connectivity index (χ1n) is 7.60. The van der Waals surface area contributed by atoms with Gasteiger partial charge in [-0.25, -0.2) is 0 Å². The molecule has 6 heteroatoms. The molecule has 1 amide bonds. The number of aromatic nitrogens is 3. The van der Waals surface area contributed by atoms with Crippen molar-refractivity contribution in [2.45, 2.75) is 18.9 Å². The highest BCUT2D eigenvalue weighted by atomic mass is 127. The lowest BCUT2D eigenvalue weighted by Gasteiger charge is -2.23. The first kappa shape index (κ1) is 14.6. The Kier molecular flexibility index (Phi) is 3.76. The summed E-state index contributed by atoms with van der Waals surface area (Å²) in [5.74, 6) is 0.913. The highest BCUT2D eigenvalue weighted by molar-refractivity contribution is 14.1. The number of hydrogen-bond donors (Lipinski definition) is 0. The number of benzene rings is 1. The number of carbonyl (C=O) groups excluding carboxylic acids is 1. The third kappa shape index (κ3) is 2.60. The zero-order valence-corrected chi connectivity index (χ0v) is 14.6. The van der Waals surface area contributed by atoms with Gasteiger partial charge in [-0.05, 0) is 65.8 Å². The molecule has 5 nitrogen and oxygen atoms in total. The van der Waals surface area contributed by atoms with Gasteiger partial charge < -0.3 is 4.90 Å². The van der Waals surface area contributed by atoms with Crippen LogP contribution in [-0.2, 0) is 0 Å².